The molecule has 10 heavy (non-hydrogen) atoms. The molecule has 0 bridgehead atoms. The second kappa shape index (κ2) is 5.72. The maximum absolute atomic E-state index is 5.05. The van der Waals surface area contributed by atoms with Crippen LogP contribution in [0.1, 0.15) is 33.6 Å². The molecule has 0 aliphatic carbocycles. The van der Waals surface area contributed by atoms with Gasteiger partial charge in [0.25, 0.3) is 0 Å². The Morgan fingerprint density at radius 1 is 1.20 bits per heavy atom. The standard InChI is InChI=1S/C9H20O/c1-5-8(2)6-9(3)7-10-4/h8-9H,5-7H2,1-4H3. The van der Waals surface area contributed by atoms with Gasteiger partial charge in [0.15, 0.2) is 0 Å². The van der Waals surface area contributed by atoms with Gasteiger partial charge in [-0.15, -0.1) is 0 Å². The van der Waals surface area contributed by atoms with Crippen molar-refractivity contribution in [3.05, 3.63) is 0 Å². The third-order valence-corrected chi connectivity index (χ3v) is 1.95. The zero-order chi connectivity index (χ0) is 7.98. The number of rotatable bonds is 5. The van der Waals surface area contributed by atoms with Crippen LogP contribution in [0.5, 0.6) is 0 Å². The Hall–Kier alpha value is -0.0400. The summed E-state index contributed by atoms with van der Waals surface area (Å²) in [6.07, 6.45) is 2.58. The second-order valence-electron chi connectivity index (χ2n) is 3.31. The van der Waals surface area contributed by atoms with E-state index in [1.807, 2.05) is 0 Å². The first-order valence-electron chi connectivity index (χ1n) is 4.19. The lowest BCUT2D eigenvalue weighted by Crippen LogP contribution is -2.07. The van der Waals surface area contributed by atoms with E-state index < -0.39 is 0 Å². The lowest BCUT2D eigenvalue weighted by molar-refractivity contribution is 0.147. The number of ether oxygens (including phenoxy) is 1. The van der Waals surface area contributed by atoms with Crippen LogP contribution in [-0.4, -0.2) is 13.7 Å². The van der Waals surface area contributed by atoms with Gasteiger partial charge in [-0.25, -0.2) is 0 Å². The highest BCUT2D eigenvalue weighted by Crippen LogP contribution is 2.14. The maximum atomic E-state index is 5.05. The van der Waals surface area contributed by atoms with Crippen molar-refractivity contribution < 1.29 is 4.74 Å². The molecule has 0 aromatic heterocycles. The largest absolute Gasteiger partial charge is 0.384 e. The van der Waals surface area contributed by atoms with Crippen LogP contribution in [0.3, 0.4) is 0 Å². The van der Waals surface area contributed by atoms with Gasteiger partial charge in [-0.2, -0.15) is 0 Å². The molecule has 0 heterocycles. The van der Waals surface area contributed by atoms with E-state index in [1.165, 1.54) is 12.8 Å². The Bertz CT molecular complexity index is 71.1. The Morgan fingerprint density at radius 2 is 1.80 bits per heavy atom. The third-order valence-electron chi connectivity index (χ3n) is 1.95. The minimum atomic E-state index is 0.722. The summed E-state index contributed by atoms with van der Waals surface area (Å²) in [6, 6.07) is 0. The van der Waals surface area contributed by atoms with Crippen molar-refractivity contribution in [2.45, 2.75) is 33.6 Å². The van der Waals surface area contributed by atoms with Crippen LogP contribution in [0.25, 0.3) is 0 Å². The molecule has 2 unspecified atom stereocenters. The van der Waals surface area contributed by atoms with Crippen LogP contribution < -0.4 is 0 Å². The molecule has 0 aliphatic rings. The van der Waals surface area contributed by atoms with Crippen LogP contribution >= 0.6 is 0 Å². The molecular formula is C9H20O. The normalized spacial score (nSPS) is 16.8. The molecule has 0 saturated carbocycles. The van der Waals surface area contributed by atoms with Crippen LogP contribution in [0, 0.1) is 11.8 Å². The lowest BCUT2D eigenvalue weighted by atomic mass is 9.96. The summed E-state index contributed by atoms with van der Waals surface area (Å²) in [6.45, 7) is 7.69. The smallest absolute Gasteiger partial charge is 0.0487 e. The maximum Gasteiger partial charge on any atom is 0.0487 e. The van der Waals surface area contributed by atoms with Crippen LogP contribution in [-0.2, 0) is 4.74 Å². The Morgan fingerprint density at radius 3 is 2.20 bits per heavy atom. The Kier molecular flexibility index (Phi) is 5.70. The van der Waals surface area contributed by atoms with E-state index in [2.05, 4.69) is 20.8 Å². The van der Waals surface area contributed by atoms with Crippen molar-refractivity contribution in [1.82, 2.24) is 0 Å². The minimum absolute atomic E-state index is 0.722. The number of methoxy groups -OCH3 is 1. The molecule has 0 aromatic carbocycles. The molecule has 0 fully saturated rings. The van der Waals surface area contributed by atoms with Gasteiger partial charge < -0.3 is 4.74 Å². The fraction of sp³-hybridized carbons (Fsp3) is 1.00. The molecular weight excluding hydrogens is 124 g/mol. The quantitative estimate of drug-likeness (QED) is 0.576. The van der Waals surface area contributed by atoms with Gasteiger partial charge in [0.05, 0.1) is 0 Å². The van der Waals surface area contributed by atoms with E-state index in [0.29, 0.717) is 0 Å². The molecule has 1 nitrogen and oxygen atoms in total. The predicted octanol–water partition coefficient (Wildman–Crippen LogP) is 2.71. The van der Waals surface area contributed by atoms with Crippen LogP contribution in [0.15, 0.2) is 0 Å². The van der Waals surface area contributed by atoms with E-state index in [1.54, 1.807) is 7.11 Å². The molecule has 0 N–H and O–H groups in total. The third kappa shape index (κ3) is 4.80. The molecule has 0 amide bonds. The fourth-order valence-corrected chi connectivity index (χ4v) is 1.21. The van der Waals surface area contributed by atoms with Crippen molar-refractivity contribution >= 4 is 0 Å². The summed E-state index contributed by atoms with van der Waals surface area (Å²) in [5.41, 5.74) is 0. The summed E-state index contributed by atoms with van der Waals surface area (Å²) >= 11 is 0. The summed E-state index contributed by atoms with van der Waals surface area (Å²) in [4.78, 5) is 0. The van der Waals surface area contributed by atoms with E-state index in [4.69, 9.17) is 4.74 Å². The first-order chi connectivity index (χ1) is 4.70. The van der Waals surface area contributed by atoms with Gasteiger partial charge in [-0.3, -0.25) is 0 Å². The Labute approximate surface area is 64.8 Å². The molecule has 1 heteroatoms. The van der Waals surface area contributed by atoms with Crippen molar-refractivity contribution in [3.8, 4) is 0 Å². The molecule has 2 atom stereocenters. The number of hydrogen-bond acceptors (Lipinski definition) is 1. The van der Waals surface area contributed by atoms with Crippen molar-refractivity contribution in [2.75, 3.05) is 13.7 Å². The van der Waals surface area contributed by atoms with Gasteiger partial charge >= 0.3 is 0 Å². The van der Waals surface area contributed by atoms with Gasteiger partial charge in [0, 0.05) is 13.7 Å². The monoisotopic (exact) mass is 144 g/mol. The van der Waals surface area contributed by atoms with Gasteiger partial charge in [-0.1, -0.05) is 27.2 Å². The van der Waals surface area contributed by atoms with E-state index >= 15 is 0 Å². The summed E-state index contributed by atoms with van der Waals surface area (Å²) in [5, 5.41) is 0. The zero-order valence-electron chi connectivity index (χ0n) is 7.68. The molecule has 0 aromatic rings. The van der Waals surface area contributed by atoms with Crippen LogP contribution in [0.2, 0.25) is 0 Å². The topological polar surface area (TPSA) is 9.23 Å². The summed E-state index contributed by atoms with van der Waals surface area (Å²) in [7, 11) is 1.77. The van der Waals surface area contributed by atoms with Gasteiger partial charge in [-0.05, 0) is 18.3 Å². The average Bonchev–Trinajstić information content (AvgIpc) is 1.88. The SMILES string of the molecule is CCC(C)CC(C)COC. The summed E-state index contributed by atoms with van der Waals surface area (Å²) < 4.78 is 5.05. The highest BCUT2D eigenvalue weighted by molar-refractivity contribution is 4.56. The molecule has 62 valence electrons. The fourth-order valence-electron chi connectivity index (χ4n) is 1.21. The molecule has 0 rings (SSSR count). The minimum Gasteiger partial charge on any atom is -0.384 e. The van der Waals surface area contributed by atoms with Crippen molar-refractivity contribution in [2.24, 2.45) is 11.8 Å². The van der Waals surface area contributed by atoms with Crippen molar-refractivity contribution in [1.29, 1.82) is 0 Å². The average molecular weight is 144 g/mol. The van der Waals surface area contributed by atoms with Crippen LogP contribution in [0.4, 0.5) is 0 Å². The molecule has 0 radical (unpaired) electrons. The highest BCUT2D eigenvalue weighted by Gasteiger charge is 2.05. The second-order valence-corrected chi connectivity index (χ2v) is 3.31. The van der Waals surface area contributed by atoms with Gasteiger partial charge in [0.1, 0.15) is 0 Å². The van der Waals surface area contributed by atoms with E-state index in [0.717, 1.165) is 18.4 Å². The predicted molar refractivity (Wildman–Crippen MR) is 45.1 cm³/mol. The summed E-state index contributed by atoms with van der Waals surface area (Å²) in [5.74, 6) is 1.57. The zero-order valence-corrected chi connectivity index (χ0v) is 7.68. The highest BCUT2D eigenvalue weighted by atomic mass is 16.5. The van der Waals surface area contributed by atoms with Crippen molar-refractivity contribution in [3.63, 3.8) is 0 Å². The number of hydrogen-bond donors (Lipinski definition) is 0. The molecule has 0 aliphatic heterocycles. The van der Waals surface area contributed by atoms with E-state index in [-0.39, 0.29) is 0 Å². The first-order valence-corrected chi connectivity index (χ1v) is 4.19. The van der Waals surface area contributed by atoms with Gasteiger partial charge in [0.2, 0.25) is 0 Å². The molecule has 0 spiro atoms. The lowest BCUT2D eigenvalue weighted by Gasteiger charge is -2.14. The first kappa shape index (κ1) is 9.96. The Balaban J connectivity index is 3.27. The van der Waals surface area contributed by atoms with E-state index in [9.17, 15) is 0 Å². The molecule has 0 saturated heterocycles.